The molecule has 2 heterocycles. The van der Waals surface area contributed by atoms with Crippen LogP contribution >= 0.6 is 0 Å². The van der Waals surface area contributed by atoms with Gasteiger partial charge in [-0.3, -0.25) is 24.2 Å². The normalized spacial score (nSPS) is 15.4. The van der Waals surface area contributed by atoms with Crippen molar-refractivity contribution >= 4 is 10.8 Å². The minimum absolute atomic E-state index is 0.179. The van der Waals surface area contributed by atoms with Crippen molar-refractivity contribution in [2.24, 2.45) is 7.05 Å². The lowest BCUT2D eigenvalue weighted by molar-refractivity contribution is 0.691. The number of aromatic nitrogens is 3. The quantitative estimate of drug-likeness (QED) is 0.736. The van der Waals surface area contributed by atoms with E-state index in [-0.39, 0.29) is 33.5 Å². The Morgan fingerprint density at radius 1 is 1.24 bits per heavy atom. The van der Waals surface area contributed by atoms with Crippen LogP contribution in [-0.4, -0.2) is 14.3 Å². The first-order chi connectivity index (χ1) is 8.08. The number of H-pyrrole nitrogens is 1. The molecule has 1 N–H and O–H groups in total. The Hall–Kier alpha value is -2.11. The second kappa shape index (κ2) is 3.19. The molecule has 2 aromatic rings. The van der Waals surface area contributed by atoms with Gasteiger partial charge in [0.15, 0.2) is 0 Å². The average Bonchev–Trinajstić information content (AvgIpc) is 3.09. The van der Waals surface area contributed by atoms with Crippen molar-refractivity contribution in [3.05, 3.63) is 43.3 Å². The highest BCUT2D eigenvalue weighted by atomic mass is 16.2. The molecule has 88 valence electrons. The number of nitrogens with one attached hydrogen (secondary N) is 1. The van der Waals surface area contributed by atoms with E-state index in [0.717, 1.165) is 17.5 Å². The van der Waals surface area contributed by atoms with Gasteiger partial charge < -0.3 is 4.57 Å². The van der Waals surface area contributed by atoms with Gasteiger partial charge in [-0.2, -0.15) is 0 Å². The molecule has 0 unspecified atom stereocenters. The molecule has 1 aliphatic rings. The van der Waals surface area contributed by atoms with Crippen LogP contribution in [0.3, 0.4) is 0 Å². The predicted octanol–water partition coefficient (Wildman–Crippen LogP) is -0.277. The summed E-state index contributed by atoms with van der Waals surface area (Å²) in [6, 6.07) is 1.45. The number of aromatic amines is 1. The molecule has 1 fully saturated rings. The van der Waals surface area contributed by atoms with Gasteiger partial charge in [0.05, 0.1) is 10.8 Å². The van der Waals surface area contributed by atoms with Crippen molar-refractivity contribution in [2.75, 3.05) is 0 Å². The van der Waals surface area contributed by atoms with Crippen LogP contribution in [0.25, 0.3) is 10.8 Å². The summed E-state index contributed by atoms with van der Waals surface area (Å²) in [4.78, 5) is 35.3. The monoisotopic (exact) mass is 233 g/mol. The molecule has 0 radical (unpaired) electrons. The molecule has 1 saturated carbocycles. The van der Waals surface area contributed by atoms with Gasteiger partial charge in [-0.15, -0.1) is 0 Å². The summed E-state index contributed by atoms with van der Waals surface area (Å²) in [6.07, 6.45) is 3.40. The van der Waals surface area contributed by atoms with E-state index in [1.807, 2.05) is 0 Å². The van der Waals surface area contributed by atoms with Crippen molar-refractivity contribution in [1.82, 2.24) is 14.3 Å². The minimum atomic E-state index is -0.361. The molecule has 0 aliphatic heterocycles. The second-order valence-corrected chi connectivity index (χ2v) is 4.38. The van der Waals surface area contributed by atoms with E-state index in [0.29, 0.717) is 0 Å². The van der Waals surface area contributed by atoms with Crippen LogP contribution in [0.4, 0.5) is 0 Å². The molecule has 2 aromatic heterocycles. The molecular formula is C11H11N3O3. The van der Waals surface area contributed by atoms with Crippen LogP contribution in [0.1, 0.15) is 18.9 Å². The summed E-state index contributed by atoms with van der Waals surface area (Å²) in [5.41, 5.74) is -0.932. The van der Waals surface area contributed by atoms with Crippen molar-refractivity contribution in [3.63, 3.8) is 0 Å². The maximum Gasteiger partial charge on any atom is 0.273 e. The van der Waals surface area contributed by atoms with E-state index in [1.165, 1.54) is 23.9 Å². The van der Waals surface area contributed by atoms with Gasteiger partial charge in [0.25, 0.3) is 16.7 Å². The van der Waals surface area contributed by atoms with E-state index in [2.05, 4.69) is 5.10 Å². The zero-order valence-electron chi connectivity index (χ0n) is 9.27. The fourth-order valence-corrected chi connectivity index (χ4v) is 1.99. The lowest BCUT2D eigenvalue weighted by atomic mass is 10.2. The number of rotatable bonds is 1. The molecule has 17 heavy (non-hydrogen) atoms. The zero-order valence-corrected chi connectivity index (χ0v) is 9.27. The summed E-state index contributed by atoms with van der Waals surface area (Å²) in [5, 5.41) is 2.88. The van der Waals surface area contributed by atoms with Gasteiger partial charge in [0.1, 0.15) is 0 Å². The maximum absolute atomic E-state index is 11.8. The smallest absolute Gasteiger partial charge is 0.273 e. The first-order valence-corrected chi connectivity index (χ1v) is 5.43. The Kier molecular flexibility index (Phi) is 1.89. The van der Waals surface area contributed by atoms with E-state index in [1.54, 1.807) is 0 Å². The van der Waals surface area contributed by atoms with Crippen LogP contribution in [0.15, 0.2) is 26.6 Å². The molecule has 1 aliphatic carbocycles. The Morgan fingerprint density at radius 2 is 1.94 bits per heavy atom. The van der Waals surface area contributed by atoms with Crippen LogP contribution in [0.2, 0.25) is 0 Å². The summed E-state index contributed by atoms with van der Waals surface area (Å²) in [7, 11) is 1.45. The van der Waals surface area contributed by atoms with Gasteiger partial charge in [-0.25, -0.2) is 0 Å². The fraction of sp³-hybridized carbons (Fsp3) is 0.364. The molecule has 0 atom stereocenters. The number of pyridine rings is 1. The molecule has 0 aromatic carbocycles. The van der Waals surface area contributed by atoms with Crippen LogP contribution in [-0.2, 0) is 7.05 Å². The summed E-state index contributed by atoms with van der Waals surface area (Å²) >= 11 is 0. The van der Waals surface area contributed by atoms with Gasteiger partial charge in [0, 0.05) is 25.4 Å². The van der Waals surface area contributed by atoms with Gasteiger partial charge in [-0.05, 0) is 12.8 Å². The Balaban J connectivity index is 2.49. The molecule has 0 amide bonds. The summed E-state index contributed by atoms with van der Waals surface area (Å²) < 4.78 is 2.63. The zero-order chi connectivity index (χ0) is 12.2. The highest BCUT2D eigenvalue weighted by Crippen LogP contribution is 2.33. The average molecular weight is 233 g/mol. The predicted molar refractivity (Wildman–Crippen MR) is 62.3 cm³/mol. The molecule has 3 rings (SSSR count). The van der Waals surface area contributed by atoms with Crippen LogP contribution in [0.5, 0.6) is 0 Å². The largest absolute Gasteiger partial charge is 0.312 e. The van der Waals surface area contributed by atoms with Crippen molar-refractivity contribution in [3.8, 4) is 0 Å². The Morgan fingerprint density at radius 3 is 2.59 bits per heavy atom. The van der Waals surface area contributed by atoms with E-state index < -0.39 is 0 Å². The molecular weight excluding hydrogens is 222 g/mol. The summed E-state index contributed by atoms with van der Waals surface area (Å²) in [5.74, 6) is 0. The minimum Gasteiger partial charge on any atom is -0.312 e. The van der Waals surface area contributed by atoms with E-state index in [4.69, 9.17) is 0 Å². The standard InChI is InChI=1S/C11H11N3O3/c1-13-11(17)7-4-9(15)14(6-2-3-6)5-8(7)10(16)12-13/h4-6H,2-3H2,1H3,(H,12,16). The highest BCUT2D eigenvalue weighted by molar-refractivity contribution is 5.79. The van der Waals surface area contributed by atoms with Gasteiger partial charge in [0.2, 0.25) is 0 Å². The first-order valence-electron chi connectivity index (χ1n) is 5.43. The van der Waals surface area contributed by atoms with E-state index >= 15 is 0 Å². The number of fused-ring (bicyclic) bond motifs is 1. The number of nitrogens with zero attached hydrogens (tertiary/aromatic N) is 2. The Labute approximate surface area is 95.1 Å². The third kappa shape index (κ3) is 1.44. The third-order valence-electron chi connectivity index (χ3n) is 3.07. The highest BCUT2D eigenvalue weighted by Gasteiger charge is 2.25. The number of hydrogen-bond donors (Lipinski definition) is 1. The molecule has 0 saturated heterocycles. The van der Waals surface area contributed by atoms with Gasteiger partial charge >= 0.3 is 0 Å². The third-order valence-corrected chi connectivity index (χ3v) is 3.07. The number of aryl methyl sites for hydroxylation is 1. The van der Waals surface area contributed by atoms with Crippen molar-refractivity contribution < 1.29 is 0 Å². The molecule has 0 bridgehead atoms. The number of hydrogen-bond acceptors (Lipinski definition) is 3. The van der Waals surface area contributed by atoms with Crippen molar-refractivity contribution in [2.45, 2.75) is 18.9 Å². The van der Waals surface area contributed by atoms with Crippen molar-refractivity contribution in [1.29, 1.82) is 0 Å². The lowest BCUT2D eigenvalue weighted by Crippen LogP contribution is -2.30. The molecule has 0 spiro atoms. The lowest BCUT2D eigenvalue weighted by Gasteiger charge is -2.05. The second-order valence-electron chi connectivity index (χ2n) is 4.38. The van der Waals surface area contributed by atoms with E-state index in [9.17, 15) is 14.4 Å². The molecule has 6 nitrogen and oxygen atoms in total. The fourth-order valence-electron chi connectivity index (χ4n) is 1.99. The first kappa shape index (κ1) is 10.1. The van der Waals surface area contributed by atoms with Crippen LogP contribution < -0.4 is 16.7 Å². The molecule has 6 heteroatoms. The Bertz CT molecular complexity index is 777. The topological polar surface area (TPSA) is 76.9 Å². The maximum atomic E-state index is 11.8. The van der Waals surface area contributed by atoms with Gasteiger partial charge in [-0.1, -0.05) is 0 Å². The summed E-state index contributed by atoms with van der Waals surface area (Å²) in [6.45, 7) is 0. The SMILES string of the molecule is Cn1[nH]c(=O)c2cn(C3CC3)c(=O)cc2c1=O. The van der Waals surface area contributed by atoms with Crippen LogP contribution in [0, 0.1) is 0 Å².